The molecule has 0 atom stereocenters. The molecule has 5 aromatic rings. The molecule has 0 aliphatic heterocycles. The summed E-state index contributed by atoms with van der Waals surface area (Å²) >= 11 is 1.47. The van der Waals surface area contributed by atoms with Crippen molar-refractivity contribution >= 4 is 38.5 Å². The lowest BCUT2D eigenvalue weighted by molar-refractivity contribution is 0.0438. The summed E-state index contributed by atoms with van der Waals surface area (Å²) in [6.45, 7) is -0.150. The van der Waals surface area contributed by atoms with Crippen LogP contribution in [0.15, 0.2) is 74.3 Å². The van der Waals surface area contributed by atoms with Gasteiger partial charge in [0.05, 0.1) is 10.2 Å². The van der Waals surface area contributed by atoms with Gasteiger partial charge in [-0.25, -0.2) is 14.6 Å². The molecule has 3 heterocycles. The maximum absolute atomic E-state index is 12.4. The molecular formula is C22H13NO6S. The van der Waals surface area contributed by atoms with Gasteiger partial charge in [0.2, 0.25) is 5.76 Å². The van der Waals surface area contributed by atoms with Gasteiger partial charge in [-0.3, -0.25) is 0 Å². The van der Waals surface area contributed by atoms with Crippen molar-refractivity contribution in [3.05, 3.63) is 82.4 Å². The van der Waals surface area contributed by atoms with Crippen LogP contribution in [0.5, 0.6) is 5.75 Å². The van der Waals surface area contributed by atoms with Gasteiger partial charge >= 0.3 is 11.6 Å². The number of phenols is 1. The number of carbonyl (C=O) groups is 1. The van der Waals surface area contributed by atoms with E-state index in [4.69, 9.17) is 13.6 Å². The second-order valence-electron chi connectivity index (χ2n) is 6.50. The minimum atomic E-state index is -0.664. The van der Waals surface area contributed by atoms with E-state index >= 15 is 0 Å². The zero-order valence-corrected chi connectivity index (χ0v) is 16.1. The first-order chi connectivity index (χ1) is 14.6. The smallest absolute Gasteiger partial charge is 0.374 e. The fraction of sp³-hybridized carbons (Fsp3) is 0.0455. The first-order valence-corrected chi connectivity index (χ1v) is 9.77. The van der Waals surface area contributed by atoms with Crippen molar-refractivity contribution in [2.24, 2.45) is 0 Å². The van der Waals surface area contributed by atoms with Crippen LogP contribution in [0.25, 0.3) is 32.0 Å². The molecule has 7 nitrogen and oxygen atoms in total. The largest absolute Gasteiger partial charge is 0.508 e. The van der Waals surface area contributed by atoms with Crippen molar-refractivity contribution in [3.63, 3.8) is 0 Å². The van der Waals surface area contributed by atoms with Gasteiger partial charge in [0.25, 0.3) is 0 Å². The Balaban J connectivity index is 1.37. The number of nitrogens with zero attached hydrogens (tertiary/aromatic N) is 1. The minimum Gasteiger partial charge on any atom is -0.508 e. The standard InChI is InChI=1S/C22H13NO6S/c24-13-5-6-14-12(9-20(25)29-18(14)10-13)11-27-22(26)17-8-7-16(28-17)21-23-15-3-1-2-4-19(15)30-21/h1-10,24H,11H2. The van der Waals surface area contributed by atoms with Crippen LogP contribution in [0, 0.1) is 0 Å². The van der Waals surface area contributed by atoms with Crippen LogP contribution in [0.2, 0.25) is 0 Å². The number of rotatable bonds is 4. The number of hydrogen-bond acceptors (Lipinski definition) is 8. The lowest BCUT2D eigenvalue weighted by atomic mass is 10.1. The van der Waals surface area contributed by atoms with Crippen LogP contribution in [0.1, 0.15) is 16.1 Å². The molecule has 0 saturated heterocycles. The molecule has 5 rings (SSSR count). The van der Waals surface area contributed by atoms with E-state index in [0.717, 1.165) is 10.2 Å². The SMILES string of the molecule is O=C(OCc1cc(=O)oc2cc(O)ccc12)c1ccc(-c2nc3ccccc3s2)o1. The molecule has 0 unspecified atom stereocenters. The van der Waals surface area contributed by atoms with Crippen molar-refractivity contribution in [3.8, 4) is 16.5 Å². The molecule has 1 N–H and O–H groups in total. The fourth-order valence-corrected chi connectivity index (χ4v) is 4.02. The number of fused-ring (bicyclic) bond motifs is 2. The first kappa shape index (κ1) is 18.1. The summed E-state index contributed by atoms with van der Waals surface area (Å²) in [6.07, 6.45) is 0. The number of ether oxygens (including phenoxy) is 1. The Morgan fingerprint density at radius 1 is 1.07 bits per heavy atom. The molecule has 0 aliphatic rings. The van der Waals surface area contributed by atoms with Gasteiger partial charge in [-0.05, 0) is 36.4 Å². The van der Waals surface area contributed by atoms with Crippen molar-refractivity contribution in [2.75, 3.05) is 0 Å². The monoisotopic (exact) mass is 419 g/mol. The van der Waals surface area contributed by atoms with E-state index in [0.29, 0.717) is 21.7 Å². The van der Waals surface area contributed by atoms with Gasteiger partial charge in [0.1, 0.15) is 17.9 Å². The number of phenolic OH excluding ortho intramolecular Hbond substituents is 1. The average molecular weight is 419 g/mol. The third-order valence-electron chi connectivity index (χ3n) is 4.48. The highest BCUT2D eigenvalue weighted by Crippen LogP contribution is 2.31. The Morgan fingerprint density at radius 3 is 2.80 bits per heavy atom. The number of aromatic hydroxyl groups is 1. The van der Waals surface area contributed by atoms with E-state index in [1.807, 2.05) is 24.3 Å². The first-order valence-electron chi connectivity index (χ1n) is 8.95. The number of furan rings is 1. The Labute approximate surface area is 172 Å². The molecule has 0 fully saturated rings. The summed E-state index contributed by atoms with van der Waals surface area (Å²) in [5, 5.41) is 10.8. The van der Waals surface area contributed by atoms with Gasteiger partial charge in [-0.2, -0.15) is 0 Å². The second-order valence-corrected chi connectivity index (χ2v) is 7.53. The summed E-state index contributed by atoms with van der Waals surface area (Å²) in [7, 11) is 0. The van der Waals surface area contributed by atoms with Gasteiger partial charge in [-0.1, -0.05) is 12.1 Å². The van der Waals surface area contributed by atoms with Gasteiger partial charge in [0, 0.05) is 23.1 Å². The van der Waals surface area contributed by atoms with Crippen LogP contribution in [-0.4, -0.2) is 16.1 Å². The summed E-state index contributed by atoms with van der Waals surface area (Å²) in [4.78, 5) is 28.7. The molecule has 0 spiro atoms. The quantitative estimate of drug-likeness (QED) is 0.332. The van der Waals surface area contributed by atoms with E-state index in [1.54, 1.807) is 12.1 Å². The van der Waals surface area contributed by atoms with Crippen molar-refractivity contribution < 1.29 is 23.5 Å². The third-order valence-corrected chi connectivity index (χ3v) is 5.54. The number of aromatic nitrogens is 1. The molecular weight excluding hydrogens is 406 g/mol. The van der Waals surface area contributed by atoms with Crippen molar-refractivity contribution in [1.29, 1.82) is 0 Å². The van der Waals surface area contributed by atoms with Gasteiger partial charge in [0.15, 0.2) is 10.8 Å². The topological polar surface area (TPSA) is 103 Å². The normalized spacial score (nSPS) is 11.2. The van der Waals surface area contributed by atoms with Crippen LogP contribution < -0.4 is 5.63 Å². The Morgan fingerprint density at radius 2 is 1.93 bits per heavy atom. The van der Waals surface area contributed by atoms with Crippen molar-refractivity contribution in [2.45, 2.75) is 6.61 Å². The summed E-state index contributed by atoms with van der Waals surface area (Å²) in [5.41, 5.74) is 0.936. The fourth-order valence-electron chi connectivity index (χ4n) is 3.09. The molecule has 3 aromatic heterocycles. The van der Waals surface area contributed by atoms with Gasteiger partial charge < -0.3 is 18.7 Å². The van der Waals surface area contributed by atoms with Crippen molar-refractivity contribution in [1.82, 2.24) is 4.98 Å². The van der Waals surface area contributed by atoms with E-state index in [2.05, 4.69) is 4.98 Å². The zero-order chi connectivity index (χ0) is 20.7. The molecule has 0 bridgehead atoms. The second kappa shape index (κ2) is 7.16. The highest BCUT2D eigenvalue weighted by Gasteiger charge is 2.17. The highest BCUT2D eigenvalue weighted by atomic mass is 32.1. The number of hydrogen-bond donors (Lipinski definition) is 1. The molecule has 30 heavy (non-hydrogen) atoms. The Kier molecular flexibility index (Phi) is 4.33. The molecule has 0 aliphatic carbocycles. The number of para-hydroxylation sites is 1. The number of thiazole rings is 1. The molecule has 2 aromatic carbocycles. The average Bonchev–Trinajstić information content (AvgIpc) is 3.38. The molecule has 0 radical (unpaired) electrons. The van der Waals surface area contributed by atoms with Gasteiger partial charge in [-0.15, -0.1) is 11.3 Å². The lowest BCUT2D eigenvalue weighted by Gasteiger charge is -2.06. The third kappa shape index (κ3) is 3.33. The highest BCUT2D eigenvalue weighted by molar-refractivity contribution is 7.21. The minimum absolute atomic E-state index is 0.0299. The van der Waals surface area contributed by atoms with E-state index in [1.165, 1.54) is 35.6 Å². The molecule has 8 heteroatoms. The van der Waals surface area contributed by atoms with Crippen LogP contribution in [-0.2, 0) is 11.3 Å². The van der Waals surface area contributed by atoms with Crippen LogP contribution in [0.3, 0.4) is 0 Å². The maximum atomic E-state index is 12.4. The predicted octanol–water partition coefficient (Wildman–Crippen LogP) is 4.73. The maximum Gasteiger partial charge on any atom is 0.374 e. The van der Waals surface area contributed by atoms with E-state index in [-0.39, 0.29) is 23.7 Å². The number of esters is 1. The number of benzene rings is 2. The Hall–Kier alpha value is -3.91. The predicted molar refractivity (Wildman–Crippen MR) is 111 cm³/mol. The summed E-state index contributed by atoms with van der Waals surface area (Å²) in [6, 6.07) is 16.6. The summed E-state index contributed by atoms with van der Waals surface area (Å²) < 4.78 is 17.1. The van der Waals surface area contributed by atoms with E-state index < -0.39 is 11.6 Å². The zero-order valence-electron chi connectivity index (χ0n) is 15.3. The molecule has 0 saturated carbocycles. The Bertz CT molecular complexity index is 1430. The lowest BCUT2D eigenvalue weighted by Crippen LogP contribution is -2.07. The van der Waals surface area contributed by atoms with Crippen LogP contribution >= 0.6 is 11.3 Å². The molecule has 148 valence electrons. The summed E-state index contributed by atoms with van der Waals surface area (Å²) in [5.74, 6) is -0.182. The van der Waals surface area contributed by atoms with Crippen LogP contribution in [0.4, 0.5) is 0 Å². The van der Waals surface area contributed by atoms with E-state index in [9.17, 15) is 14.7 Å². The molecule has 0 amide bonds. The number of carbonyl (C=O) groups excluding carboxylic acids is 1.